The van der Waals surface area contributed by atoms with Crippen molar-refractivity contribution in [1.82, 2.24) is 4.90 Å². The van der Waals surface area contributed by atoms with E-state index in [0.717, 1.165) is 29.7 Å². The number of carbonyl (C=O) groups excluding carboxylic acids is 1. The summed E-state index contributed by atoms with van der Waals surface area (Å²) < 4.78 is 58.4. The van der Waals surface area contributed by atoms with Crippen LogP contribution in [0.1, 0.15) is 5.56 Å². The molecule has 1 N–H and O–H groups in total. The van der Waals surface area contributed by atoms with Crippen molar-refractivity contribution in [1.29, 1.82) is 0 Å². The van der Waals surface area contributed by atoms with Gasteiger partial charge in [0, 0.05) is 36.3 Å². The van der Waals surface area contributed by atoms with Crippen molar-refractivity contribution in [2.75, 3.05) is 29.9 Å². The molecule has 1 aliphatic rings. The highest BCUT2D eigenvalue weighted by Crippen LogP contribution is 2.38. The molecule has 1 saturated heterocycles. The number of anilines is 1. The number of hydrogen-bond acceptors (Lipinski definition) is 3. The summed E-state index contributed by atoms with van der Waals surface area (Å²) in [5.41, 5.74) is -0.795. The van der Waals surface area contributed by atoms with E-state index >= 15 is 0 Å². The molecule has 0 radical (unpaired) electrons. The maximum absolute atomic E-state index is 14.3. The van der Waals surface area contributed by atoms with Crippen LogP contribution in [0, 0.1) is 5.82 Å². The molecule has 144 valence electrons. The highest BCUT2D eigenvalue weighted by Gasteiger charge is 2.34. The van der Waals surface area contributed by atoms with Crippen molar-refractivity contribution in [3.05, 3.63) is 53.8 Å². The molecule has 2 aromatic carbocycles. The zero-order chi connectivity index (χ0) is 19.4. The fourth-order valence-corrected chi connectivity index (χ4v) is 3.44. The van der Waals surface area contributed by atoms with Crippen molar-refractivity contribution in [3.63, 3.8) is 0 Å². The molecule has 3 rings (SSSR count). The third-order valence-corrected chi connectivity index (χ3v) is 4.84. The summed E-state index contributed by atoms with van der Waals surface area (Å²) >= 11 is 1.75. The fraction of sp³-hybridized carbons (Fsp3) is 0.278. The smallest absolute Gasteiger partial charge is 0.419 e. The van der Waals surface area contributed by atoms with Gasteiger partial charge in [-0.15, -0.1) is 0 Å². The second-order valence-corrected chi connectivity index (χ2v) is 7.00. The molecule has 0 atom stereocenters. The molecule has 1 heterocycles. The van der Waals surface area contributed by atoms with Crippen LogP contribution in [0.15, 0.2) is 42.5 Å². The van der Waals surface area contributed by atoms with Gasteiger partial charge >= 0.3 is 12.2 Å². The highest BCUT2D eigenvalue weighted by molar-refractivity contribution is 7.99. The van der Waals surface area contributed by atoms with E-state index in [1.54, 1.807) is 16.7 Å². The number of amides is 2. The van der Waals surface area contributed by atoms with Gasteiger partial charge in [0.2, 0.25) is 0 Å². The Balaban J connectivity index is 1.73. The van der Waals surface area contributed by atoms with Crippen LogP contribution in [0.4, 0.5) is 28.0 Å². The Kier molecular flexibility index (Phi) is 5.79. The molecule has 1 fully saturated rings. The molecule has 27 heavy (non-hydrogen) atoms. The predicted octanol–water partition coefficient (Wildman–Crippen LogP) is 5.22. The van der Waals surface area contributed by atoms with Gasteiger partial charge < -0.3 is 15.0 Å². The Morgan fingerprint density at radius 2 is 1.78 bits per heavy atom. The van der Waals surface area contributed by atoms with Gasteiger partial charge in [0.25, 0.3) is 0 Å². The van der Waals surface area contributed by atoms with E-state index in [4.69, 9.17) is 4.74 Å². The lowest BCUT2D eigenvalue weighted by atomic mass is 10.2. The first kappa shape index (κ1) is 19.3. The van der Waals surface area contributed by atoms with Gasteiger partial charge in [-0.3, -0.25) is 0 Å². The van der Waals surface area contributed by atoms with Crippen molar-refractivity contribution in [2.45, 2.75) is 6.18 Å². The van der Waals surface area contributed by atoms with Crippen molar-refractivity contribution in [3.8, 4) is 11.5 Å². The van der Waals surface area contributed by atoms with Gasteiger partial charge in [0.1, 0.15) is 5.75 Å². The molecule has 0 aliphatic carbocycles. The number of urea groups is 1. The largest absolute Gasteiger partial charge is 0.454 e. The number of nitrogens with zero attached hydrogens (tertiary/aromatic N) is 1. The minimum absolute atomic E-state index is 0.201. The Labute approximate surface area is 157 Å². The molecule has 9 heteroatoms. The number of carbonyl (C=O) groups is 1. The summed E-state index contributed by atoms with van der Waals surface area (Å²) in [6.45, 7) is 1.21. The van der Waals surface area contributed by atoms with Gasteiger partial charge in [0.15, 0.2) is 11.6 Å². The van der Waals surface area contributed by atoms with Crippen LogP contribution < -0.4 is 10.1 Å². The summed E-state index contributed by atoms with van der Waals surface area (Å²) in [7, 11) is 0. The number of benzene rings is 2. The summed E-state index contributed by atoms with van der Waals surface area (Å²) in [6.07, 6.45) is -4.62. The number of alkyl halides is 3. The molecular weight excluding hydrogens is 384 g/mol. The molecule has 2 aromatic rings. The number of halogens is 4. The maximum atomic E-state index is 14.3. The van der Waals surface area contributed by atoms with E-state index in [1.807, 2.05) is 0 Å². The lowest BCUT2D eigenvalue weighted by molar-refractivity contribution is -0.138. The SMILES string of the molecule is O=C(Nc1ccc(Oc2ccccc2C(F)(F)F)c(F)c1)N1CCSCC1. The van der Waals surface area contributed by atoms with Crippen LogP contribution in [0.5, 0.6) is 11.5 Å². The summed E-state index contributed by atoms with van der Waals surface area (Å²) in [6, 6.07) is 7.81. The number of ether oxygens (including phenoxy) is 1. The van der Waals surface area contributed by atoms with Crippen LogP contribution in [0.25, 0.3) is 0 Å². The number of thioether (sulfide) groups is 1. The lowest BCUT2D eigenvalue weighted by Crippen LogP contribution is -2.40. The lowest BCUT2D eigenvalue weighted by Gasteiger charge is -2.26. The van der Waals surface area contributed by atoms with Gasteiger partial charge in [0.05, 0.1) is 5.56 Å². The van der Waals surface area contributed by atoms with Crippen LogP contribution in [0.2, 0.25) is 0 Å². The Morgan fingerprint density at radius 3 is 2.44 bits per heavy atom. The second kappa shape index (κ2) is 8.08. The molecule has 4 nitrogen and oxygen atoms in total. The third kappa shape index (κ3) is 4.85. The molecule has 1 aliphatic heterocycles. The first-order chi connectivity index (χ1) is 12.8. The third-order valence-electron chi connectivity index (χ3n) is 3.89. The average molecular weight is 400 g/mol. The summed E-state index contributed by atoms with van der Waals surface area (Å²) in [5, 5.41) is 2.58. The molecule has 0 saturated carbocycles. The number of rotatable bonds is 3. The second-order valence-electron chi connectivity index (χ2n) is 5.77. The maximum Gasteiger partial charge on any atom is 0.419 e. The zero-order valence-electron chi connectivity index (χ0n) is 14.1. The zero-order valence-corrected chi connectivity index (χ0v) is 14.9. The minimum atomic E-state index is -4.62. The standard InChI is InChI=1S/C18H16F4N2O2S/c19-14-11-12(23-17(25)24-7-9-27-10-8-24)5-6-16(14)26-15-4-2-1-3-13(15)18(20,21)22/h1-6,11H,7-10H2,(H,23,25). The van der Waals surface area contributed by atoms with Gasteiger partial charge in [-0.1, -0.05) is 12.1 Å². The Hall–Kier alpha value is -2.42. The Morgan fingerprint density at radius 1 is 1.07 bits per heavy atom. The van der Waals surface area contributed by atoms with Gasteiger partial charge in [-0.05, 0) is 24.3 Å². The average Bonchev–Trinajstić information content (AvgIpc) is 2.64. The fourth-order valence-electron chi connectivity index (χ4n) is 2.54. The highest BCUT2D eigenvalue weighted by atomic mass is 32.2. The first-order valence-corrected chi connectivity index (χ1v) is 9.27. The first-order valence-electron chi connectivity index (χ1n) is 8.12. The summed E-state index contributed by atoms with van der Waals surface area (Å²) in [5.74, 6) is -0.0510. The van der Waals surface area contributed by atoms with Gasteiger partial charge in [-0.2, -0.15) is 24.9 Å². The van der Waals surface area contributed by atoms with E-state index in [9.17, 15) is 22.4 Å². The number of nitrogens with one attached hydrogen (secondary N) is 1. The molecular formula is C18H16F4N2O2S. The van der Waals surface area contributed by atoms with Crippen LogP contribution in [0.3, 0.4) is 0 Å². The predicted molar refractivity (Wildman–Crippen MR) is 95.8 cm³/mol. The quantitative estimate of drug-likeness (QED) is 0.719. The Bertz CT molecular complexity index is 823. The van der Waals surface area contributed by atoms with Crippen molar-refractivity contribution >= 4 is 23.5 Å². The normalized spacial score (nSPS) is 14.7. The monoisotopic (exact) mass is 400 g/mol. The summed E-state index contributed by atoms with van der Waals surface area (Å²) in [4.78, 5) is 13.8. The molecule has 0 unspecified atom stereocenters. The molecule has 0 spiro atoms. The van der Waals surface area contributed by atoms with Crippen LogP contribution in [-0.4, -0.2) is 35.5 Å². The van der Waals surface area contributed by atoms with E-state index in [-0.39, 0.29) is 17.5 Å². The van der Waals surface area contributed by atoms with Crippen molar-refractivity contribution in [2.24, 2.45) is 0 Å². The molecule has 0 aromatic heterocycles. The minimum Gasteiger partial charge on any atom is -0.454 e. The van der Waals surface area contributed by atoms with E-state index in [2.05, 4.69) is 5.32 Å². The van der Waals surface area contributed by atoms with Gasteiger partial charge in [-0.25, -0.2) is 9.18 Å². The number of para-hydroxylation sites is 1. The topological polar surface area (TPSA) is 41.6 Å². The molecule has 0 bridgehead atoms. The molecule has 2 amide bonds. The van der Waals surface area contributed by atoms with E-state index < -0.39 is 23.3 Å². The van der Waals surface area contributed by atoms with Crippen molar-refractivity contribution < 1.29 is 27.1 Å². The van der Waals surface area contributed by atoms with Crippen LogP contribution >= 0.6 is 11.8 Å². The van der Waals surface area contributed by atoms with Crippen LogP contribution in [-0.2, 0) is 6.18 Å². The number of hydrogen-bond donors (Lipinski definition) is 1. The van der Waals surface area contributed by atoms with E-state index in [1.165, 1.54) is 24.3 Å². The van der Waals surface area contributed by atoms with E-state index in [0.29, 0.717) is 13.1 Å².